The highest BCUT2D eigenvalue weighted by Gasteiger charge is 2.40. The van der Waals surface area contributed by atoms with Gasteiger partial charge >= 0.3 is 6.18 Å². The number of carbonyl (C=O) groups excluding carboxylic acids is 3. The Labute approximate surface area is 290 Å². The van der Waals surface area contributed by atoms with Gasteiger partial charge in [-0.3, -0.25) is 24.2 Å². The van der Waals surface area contributed by atoms with Crippen LogP contribution >= 0.6 is 0 Å². The Kier molecular flexibility index (Phi) is 10.9. The second kappa shape index (κ2) is 15.2. The number of benzene rings is 2. The quantitative estimate of drug-likeness (QED) is 0.190. The van der Waals surface area contributed by atoms with Gasteiger partial charge in [0.05, 0.1) is 17.9 Å². The van der Waals surface area contributed by atoms with Gasteiger partial charge in [0.2, 0.25) is 5.82 Å². The van der Waals surface area contributed by atoms with Gasteiger partial charge in [0.1, 0.15) is 17.6 Å². The number of aryl methyl sites for hydroxylation is 1. The number of halogens is 5. The standard InChI is InChI=1S/C21H19F3N6O2.C14H16F2N2O/c1-3-29-19-14(12(2)28-30(19)13-7-5-4-6-8-13)11-15(20(29)32)26-18(31)17-25-10-9-16(27-17)21(22,23)24;1-11(9-18-8-7-14(15,16)10-18)13(19)17-12-5-3-2-4-6-12/h4-10,15H,3,11H2,1-2H3,(H,26,31);2-6H,1,7-10H2,(H,17,19). The number of likely N-dealkylation sites (N-methyl/N-ethyl adjacent to an activating group) is 1. The minimum Gasteiger partial charge on any atom is -0.337 e. The van der Waals surface area contributed by atoms with Crippen LogP contribution in [0.3, 0.4) is 0 Å². The molecule has 2 N–H and O–H groups in total. The molecule has 6 rings (SSSR count). The molecule has 1 atom stereocenters. The third-order valence-electron chi connectivity index (χ3n) is 8.17. The van der Waals surface area contributed by atoms with Crippen LogP contribution in [-0.2, 0) is 22.2 Å². The third kappa shape index (κ3) is 8.81. The van der Waals surface area contributed by atoms with Crippen molar-refractivity contribution < 1.29 is 36.3 Å². The summed E-state index contributed by atoms with van der Waals surface area (Å²) in [6.07, 6.45) is -3.86. The molecule has 0 aliphatic carbocycles. The highest BCUT2D eigenvalue weighted by molar-refractivity contribution is 6.04. The van der Waals surface area contributed by atoms with Crippen molar-refractivity contribution >= 4 is 29.2 Å². The van der Waals surface area contributed by atoms with E-state index < -0.39 is 41.5 Å². The number of nitrogens with one attached hydrogen (secondary N) is 2. The number of para-hydroxylation sites is 2. The summed E-state index contributed by atoms with van der Waals surface area (Å²) >= 11 is 0. The minimum atomic E-state index is -4.71. The van der Waals surface area contributed by atoms with Gasteiger partial charge in [-0.25, -0.2) is 23.4 Å². The number of anilines is 2. The molecule has 0 bridgehead atoms. The molecule has 1 fully saturated rings. The first-order valence-corrected chi connectivity index (χ1v) is 16.0. The minimum absolute atomic E-state index is 0.147. The fourth-order valence-electron chi connectivity index (χ4n) is 5.69. The van der Waals surface area contributed by atoms with Crippen LogP contribution in [0.25, 0.3) is 5.69 Å². The SMILES string of the molecule is C=C(CN1CCC(F)(F)C1)C(=O)Nc1ccccc1.CCN1C(=O)C(NC(=O)c2nccc(C(F)(F)F)n2)Cc2c(C)nn(-c3ccccc3)c21. The van der Waals surface area contributed by atoms with Crippen LogP contribution < -0.4 is 15.5 Å². The Morgan fingerprint density at radius 1 is 1.04 bits per heavy atom. The Balaban J connectivity index is 0.000000226. The summed E-state index contributed by atoms with van der Waals surface area (Å²) in [4.78, 5) is 47.5. The summed E-state index contributed by atoms with van der Waals surface area (Å²) < 4.78 is 66.4. The molecule has 268 valence electrons. The van der Waals surface area contributed by atoms with Crippen LogP contribution in [0.15, 0.2) is 85.1 Å². The van der Waals surface area contributed by atoms with Gasteiger partial charge in [0.15, 0.2) is 0 Å². The van der Waals surface area contributed by atoms with Gasteiger partial charge in [-0.15, -0.1) is 0 Å². The highest BCUT2D eigenvalue weighted by atomic mass is 19.4. The van der Waals surface area contributed by atoms with Crippen molar-refractivity contribution in [3.05, 3.63) is 108 Å². The number of hydrogen-bond donors (Lipinski definition) is 2. The van der Waals surface area contributed by atoms with Gasteiger partial charge in [0.25, 0.3) is 23.6 Å². The molecule has 51 heavy (non-hydrogen) atoms. The van der Waals surface area contributed by atoms with Gasteiger partial charge in [-0.2, -0.15) is 18.3 Å². The van der Waals surface area contributed by atoms with Crippen LogP contribution in [0.2, 0.25) is 0 Å². The first-order valence-electron chi connectivity index (χ1n) is 16.0. The van der Waals surface area contributed by atoms with E-state index in [9.17, 15) is 36.3 Å². The van der Waals surface area contributed by atoms with E-state index in [4.69, 9.17) is 0 Å². The smallest absolute Gasteiger partial charge is 0.337 e. The van der Waals surface area contributed by atoms with E-state index >= 15 is 0 Å². The third-order valence-corrected chi connectivity index (χ3v) is 8.17. The maximum absolute atomic E-state index is 13.2. The molecule has 4 aromatic rings. The molecule has 1 unspecified atom stereocenters. The predicted molar refractivity (Wildman–Crippen MR) is 179 cm³/mol. The molecule has 11 nitrogen and oxygen atoms in total. The number of hydrogen-bond acceptors (Lipinski definition) is 7. The number of carbonyl (C=O) groups is 3. The van der Waals surface area contributed by atoms with Crippen LogP contribution in [0.1, 0.15) is 40.9 Å². The molecule has 2 aromatic carbocycles. The Hall–Kier alpha value is -5.51. The van der Waals surface area contributed by atoms with E-state index in [1.54, 1.807) is 47.7 Å². The van der Waals surface area contributed by atoms with E-state index in [1.807, 2.05) is 36.4 Å². The maximum atomic E-state index is 13.2. The molecule has 4 heterocycles. The van der Waals surface area contributed by atoms with Crippen molar-refractivity contribution in [3.8, 4) is 5.69 Å². The zero-order valence-corrected chi connectivity index (χ0v) is 27.8. The maximum Gasteiger partial charge on any atom is 0.433 e. The number of rotatable bonds is 8. The van der Waals surface area contributed by atoms with Crippen molar-refractivity contribution in [2.24, 2.45) is 0 Å². The van der Waals surface area contributed by atoms with Crippen LogP contribution in [0.4, 0.5) is 33.5 Å². The number of alkyl halides is 5. The summed E-state index contributed by atoms with van der Waals surface area (Å²) in [5, 5.41) is 9.74. The van der Waals surface area contributed by atoms with Crippen LogP contribution in [0, 0.1) is 6.92 Å². The van der Waals surface area contributed by atoms with Gasteiger partial charge in [-0.1, -0.05) is 43.0 Å². The number of nitrogens with zero attached hydrogens (tertiary/aromatic N) is 6. The average Bonchev–Trinajstić information content (AvgIpc) is 3.62. The first kappa shape index (κ1) is 36.8. The molecule has 3 amide bonds. The monoisotopic (exact) mass is 710 g/mol. The van der Waals surface area contributed by atoms with E-state index in [1.165, 1.54) is 4.90 Å². The van der Waals surface area contributed by atoms with Crippen molar-refractivity contribution in [2.75, 3.05) is 36.4 Å². The predicted octanol–water partition coefficient (Wildman–Crippen LogP) is 5.22. The molecule has 0 radical (unpaired) electrons. The van der Waals surface area contributed by atoms with Crippen molar-refractivity contribution in [1.29, 1.82) is 0 Å². The number of amides is 3. The van der Waals surface area contributed by atoms with Crippen molar-refractivity contribution in [3.63, 3.8) is 0 Å². The molecule has 2 aliphatic rings. The fraction of sp³-hybridized carbons (Fsp3) is 0.314. The van der Waals surface area contributed by atoms with Gasteiger partial charge in [-0.05, 0) is 44.2 Å². The van der Waals surface area contributed by atoms with Gasteiger partial charge in [0, 0.05) is 55.5 Å². The first-order chi connectivity index (χ1) is 24.2. The second-order valence-electron chi connectivity index (χ2n) is 12.0. The van der Waals surface area contributed by atoms with Crippen molar-refractivity contribution in [2.45, 2.75) is 44.8 Å². The number of aromatic nitrogens is 4. The molecular formula is C35H35F5N8O3. The lowest BCUT2D eigenvalue weighted by atomic mass is 9.99. The summed E-state index contributed by atoms with van der Waals surface area (Å²) in [5.74, 6) is -4.36. The molecule has 2 aromatic heterocycles. The lowest BCUT2D eigenvalue weighted by molar-refractivity contribution is -0.141. The fourth-order valence-corrected chi connectivity index (χ4v) is 5.69. The lowest BCUT2D eigenvalue weighted by Gasteiger charge is -2.32. The Morgan fingerprint density at radius 2 is 1.71 bits per heavy atom. The Bertz CT molecular complexity index is 1900. The van der Waals surface area contributed by atoms with E-state index in [0.29, 0.717) is 41.9 Å². The molecule has 1 saturated heterocycles. The highest BCUT2D eigenvalue weighted by Crippen LogP contribution is 2.33. The molecule has 16 heteroatoms. The molecular weight excluding hydrogens is 675 g/mol. The number of likely N-dealkylation sites (tertiary alicyclic amines) is 1. The number of fused-ring (bicyclic) bond motifs is 1. The zero-order chi connectivity index (χ0) is 36.9. The summed E-state index contributed by atoms with van der Waals surface area (Å²) in [5.41, 5.74) is 1.96. The zero-order valence-electron chi connectivity index (χ0n) is 27.8. The molecule has 0 spiro atoms. The Morgan fingerprint density at radius 3 is 2.31 bits per heavy atom. The topological polar surface area (TPSA) is 125 Å². The summed E-state index contributed by atoms with van der Waals surface area (Å²) in [6, 6.07) is 18.0. The average molecular weight is 711 g/mol. The molecule has 2 aliphatic heterocycles. The van der Waals surface area contributed by atoms with Crippen molar-refractivity contribution in [1.82, 2.24) is 30.0 Å². The van der Waals surface area contributed by atoms with Crippen LogP contribution in [0.5, 0.6) is 0 Å². The van der Waals surface area contributed by atoms with E-state index in [-0.39, 0.29) is 31.8 Å². The molecule has 0 saturated carbocycles. The van der Waals surface area contributed by atoms with E-state index in [2.05, 4.69) is 32.3 Å². The van der Waals surface area contributed by atoms with Gasteiger partial charge < -0.3 is 10.6 Å². The van der Waals surface area contributed by atoms with Crippen LogP contribution in [-0.4, -0.2) is 80.5 Å². The summed E-state index contributed by atoms with van der Waals surface area (Å²) in [6.45, 7) is 7.74. The van der Waals surface area contributed by atoms with E-state index in [0.717, 1.165) is 17.4 Å². The largest absolute Gasteiger partial charge is 0.433 e. The summed E-state index contributed by atoms with van der Waals surface area (Å²) in [7, 11) is 0. The normalized spacial score (nSPS) is 16.9. The lowest BCUT2D eigenvalue weighted by Crippen LogP contribution is -2.53. The second-order valence-corrected chi connectivity index (χ2v) is 12.0.